The molecule has 0 saturated carbocycles. The van der Waals surface area contributed by atoms with Gasteiger partial charge in [0.25, 0.3) is 5.91 Å². The van der Waals surface area contributed by atoms with Gasteiger partial charge in [0.1, 0.15) is 5.69 Å². The van der Waals surface area contributed by atoms with E-state index in [1.54, 1.807) is 17.7 Å². The van der Waals surface area contributed by atoms with Crippen molar-refractivity contribution in [3.05, 3.63) is 53.3 Å². The number of hydrogen-bond donors (Lipinski definition) is 2. The van der Waals surface area contributed by atoms with Crippen LogP contribution >= 0.6 is 0 Å². The van der Waals surface area contributed by atoms with Crippen molar-refractivity contribution in [1.82, 2.24) is 19.8 Å². The molecule has 1 aromatic carbocycles. The van der Waals surface area contributed by atoms with Crippen molar-refractivity contribution >= 4 is 15.9 Å². The molecule has 2 heterocycles. The normalized spacial score (nSPS) is 16.8. The fraction of sp³-hybridized carbons (Fsp3) is 0.375. The zero-order valence-corrected chi connectivity index (χ0v) is 14.2. The standard InChI is InChI=1S/C16H20N4O3S/c1-2-24(22,23)19-13-8-14-9-15(18-20(14)11-13)16(21)17-10-12-6-4-3-5-7-12/h3-7,9,13,19H,2,8,10-11H2,1H3,(H,17,21)/t13-/m0/s1. The monoisotopic (exact) mass is 348 g/mol. The zero-order chi connectivity index (χ0) is 17.2. The molecule has 3 rings (SSSR count). The fourth-order valence-electron chi connectivity index (χ4n) is 2.70. The van der Waals surface area contributed by atoms with Crippen molar-refractivity contribution in [2.75, 3.05) is 5.75 Å². The smallest absolute Gasteiger partial charge is 0.272 e. The highest BCUT2D eigenvalue weighted by molar-refractivity contribution is 7.89. The van der Waals surface area contributed by atoms with Gasteiger partial charge in [-0.15, -0.1) is 0 Å². The first-order chi connectivity index (χ1) is 11.5. The van der Waals surface area contributed by atoms with Crippen LogP contribution < -0.4 is 10.0 Å². The molecule has 0 bridgehead atoms. The predicted molar refractivity (Wildman–Crippen MR) is 89.9 cm³/mol. The number of fused-ring (bicyclic) bond motifs is 1. The topological polar surface area (TPSA) is 93.1 Å². The molecule has 0 spiro atoms. The highest BCUT2D eigenvalue weighted by Gasteiger charge is 2.27. The van der Waals surface area contributed by atoms with Gasteiger partial charge in [0, 0.05) is 24.7 Å². The molecule has 1 aromatic heterocycles. The number of sulfonamides is 1. The van der Waals surface area contributed by atoms with Crippen LogP contribution in [0.4, 0.5) is 0 Å². The van der Waals surface area contributed by atoms with Gasteiger partial charge in [0.2, 0.25) is 10.0 Å². The molecule has 0 fully saturated rings. The third kappa shape index (κ3) is 3.82. The van der Waals surface area contributed by atoms with Crippen LogP contribution in [-0.2, 0) is 29.5 Å². The third-order valence-electron chi connectivity index (χ3n) is 3.97. The molecule has 1 aliphatic heterocycles. The molecule has 1 atom stereocenters. The summed E-state index contributed by atoms with van der Waals surface area (Å²) in [5.41, 5.74) is 2.24. The number of benzene rings is 1. The number of carbonyl (C=O) groups excluding carboxylic acids is 1. The summed E-state index contributed by atoms with van der Waals surface area (Å²) in [6.45, 7) is 2.49. The first kappa shape index (κ1) is 16.7. The maximum Gasteiger partial charge on any atom is 0.272 e. The first-order valence-corrected chi connectivity index (χ1v) is 9.51. The Labute approximate surface area is 141 Å². The van der Waals surface area contributed by atoms with E-state index in [9.17, 15) is 13.2 Å². The third-order valence-corrected chi connectivity index (χ3v) is 5.42. The van der Waals surface area contributed by atoms with Crippen molar-refractivity contribution < 1.29 is 13.2 Å². The van der Waals surface area contributed by atoms with Crippen LogP contribution in [0.3, 0.4) is 0 Å². The lowest BCUT2D eigenvalue weighted by Crippen LogP contribution is -2.37. The number of nitrogens with zero attached hydrogens (tertiary/aromatic N) is 2. The minimum Gasteiger partial charge on any atom is -0.347 e. The lowest BCUT2D eigenvalue weighted by Gasteiger charge is -2.10. The predicted octanol–water partition coefficient (Wildman–Crippen LogP) is 0.677. The first-order valence-electron chi connectivity index (χ1n) is 7.85. The van der Waals surface area contributed by atoms with E-state index in [0.717, 1.165) is 11.3 Å². The lowest BCUT2D eigenvalue weighted by atomic mass is 10.2. The summed E-state index contributed by atoms with van der Waals surface area (Å²) in [7, 11) is -3.23. The van der Waals surface area contributed by atoms with Gasteiger partial charge in [-0.25, -0.2) is 13.1 Å². The number of carbonyl (C=O) groups is 1. The maximum atomic E-state index is 12.2. The van der Waals surface area contributed by atoms with Gasteiger partial charge in [-0.1, -0.05) is 30.3 Å². The molecule has 7 nitrogen and oxygen atoms in total. The van der Waals surface area contributed by atoms with Crippen LogP contribution in [0.25, 0.3) is 0 Å². The van der Waals surface area contributed by atoms with E-state index < -0.39 is 10.0 Å². The number of rotatable bonds is 6. The summed E-state index contributed by atoms with van der Waals surface area (Å²) in [4.78, 5) is 12.2. The molecule has 0 saturated heterocycles. The van der Waals surface area contributed by atoms with E-state index in [0.29, 0.717) is 25.2 Å². The molecule has 0 radical (unpaired) electrons. The highest BCUT2D eigenvalue weighted by atomic mass is 32.2. The minimum absolute atomic E-state index is 0.0545. The average Bonchev–Trinajstić information content (AvgIpc) is 3.11. The second kappa shape index (κ2) is 6.74. The van der Waals surface area contributed by atoms with Gasteiger partial charge in [-0.3, -0.25) is 9.48 Å². The van der Waals surface area contributed by atoms with Crippen LogP contribution in [0.1, 0.15) is 28.7 Å². The van der Waals surface area contributed by atoms with E-state index in [4.69, 9.17) is 0 Å². The SMILES string of the molecule is CCS(=O)(=O)N[C@H]1Cc2cc(C(=O)NCc3ccccc3)nn2C1. The molecule has 2 N–H and O–H groups in total. The summed E-state index contributed by atoms with van der Waals surface area (Å²) in [5, 5.41) is 7.12. The van der Waals surface area contributed by atoms with Gasteiger partial charge in [-0.05, 0) is 18.6 Å². The Morgan fingerprint density at radius 1 is 1.33 bits per heavy atom. The molecule has 0 unspecified atom stereocenters. The van der Waals surface area contributed by atoms with E-state index in [-0.39, 0.29) is 17.7 Å². The Hall–Kier alpha value is -2.19. The van der Waals surface area contributed by atoms with Crippen molar-refractivity contribution in [3.63, 3.8) is 0 Å². The summed E-state index contributed by atoms with van der Waals surface area (Å²) in [6.07, 6.45) is 0.540. The average molecular weight is 348 g/mol. The Balaban J connectivity index is 1.58. The lowest BCUT2D eigenvalue weighted by molar-refractivity contribution is 0.0945. The molecular weight excluding hydrogens is 328 g/mol. The van der Waals surface area contributed by atoms with Gasteiger partial charge in [-0.2, -0.15) is 5.10 Å². The second-order valence-corrected chi connectivity index (χ2v) is 7.84. The number of aromatic nitrogens is 2. The summed E-state index contributed by atoms with van der Waals surface area (Å²) in [6, 6.07) is 11.2. The van der Waals surface area contributed by atoms with E-state index >= 15 is 0 Å². The van der Waals surface area contributed by atoms with E-state index in [1.165, 1.54) is 0 Å². The zero-order valence-electron chi connectivity index (χ0n) is 13.4. The molecule has 24 heavy (non-hydrogen) atoms. The molecule has 0 aliphatic carbocycles. The molecular formula is C16H20N4O3S. The molecule has 128 valence electrons. The van der Waals surface area contributed by atoms with Gasteiger partial charge in [0.05, 0.1) is 12.3 Å². The van der Waals surface area contributed by atoms with Crippen LogP contribution in [0, 0.1) is 0 Å². The summed E-state index contributed by atoms with van der Waals surface area (Å²) < 4.78 is 27.6. The van der Waals surface area contributed by atoms with Crippen LogP contribution in [0.2, 0.25) is 0 Å². The Bertz CT molecular complexity index is 807. The molecule has 8 heteroatoms. The molecule has 2 aromatic rings. The number of amides is 1. The highest BCUT2D eigenvalue weighted by Crippen LogP contribution is 2.17. The van der Waals surface area contributed by atoms with Gasteiger partial charge in [0.15, 0.2) is 0 Å². The molecule has 1 aliphatic rings. The number of hydrogen-bond acceptors (Lipinski definition) is 4. The van der Waals surface area contributed by atoms with Crippen molar-refractivity contribution in [2.45, 2.75) is 32.5 Å². The van der Waals surface area contributed by atoms with Crippen molar-refractivity contribution in [2.24, 2.45) is 0 Å². The van der Waals surface area contributed by atoms with Gasteiger partial charge < -0.3 is 5.32 Å². The van der Waals surface area contributed by atoms with Crippen LogP contribution in [0.5, 0.6) is 0 Å². The van der Waals surface area contributed by atoms with Crippen molar-refractivity contribution in [1.29, 1.82) is 0 Å². The molecule has 1 amide bonds. The van der Waals surface area contributed by atoms with Crippen LogP contribution in [-0.4, -0.2) is 35.9 Å². The largest absolute Gasteiger partial charge is 0.347 e. The summed E-state index contributed by atoms with van der Waals surface area (Å²) >= 11 is 0. The Morgan fingerprint density at radius 2 is 2.08 bits per heavy atom. The number of nitrogens with one attached hydrogen (secondary N) is 2. The van der Waals surface area contributed by atoms with Gasteiger partial charge >= 0.3 is 0 Å². The van der Waals surface area contributed by atoms with Crippen LogP contribution in [0.15, 0.2) is 36.4 Å². The Morgan fingerprint density at radius 3 is 2.75 bits per heavy atom. The quantitative estimate of drug-likeness (QED) is 0.803. The fourth-order valence-corrected chi connectivity index (χ4v) is 3.53. The Kier molecular flexibility index (Phi) is 4.68. The maximum absolute atomic E-state index is 12.2. The summed E-state index contributed by atoms with van der Waals surface area (Å²) in [5.74, 6) is -0.176. The van der Waals surface area contributed by atoms with Crippen molar-refractivity contribution in [3.8, 4) is 0 Å². The second-order valence-electron chi connectivity index (χ2n) is 5.79. The van der Waals surface area contributed by atoms with E-state index in [2.05, 4.69) is 15.1 Å². The van der Waals surface area contributed by atoms with E-state index in [1.807, 2.05) is 30.3 Å². The minimum atomic E-state index is -3.23.